The molecule has 0 heterocycles. The number of alkyl halides is 2. The first-order valence-electron chi connectivity index (χ1n) is 10.3. The minimum atomic E-state index is -2.94. The number of benzene rings is 2. The number of halogens is 2. The summed E-state index contributed by atoms with van der Waals surface area (Å²) in [5, 5.41) is 20.1. The molecule has 0 spiro atoms. The fraction of sp³-hybridized carbons (Fsp3) is 0.348. The third-order valence-electron chi connectivity index (χ3n) is 5.36. The van der Waals surface area contributed by atoms with Gasteiger partial charge in [-0.2, -0.15) is 0 Å². The van der Waals surface area contributed by atoms with Crippen molar-refractivity contribution >= 4 is 18.0 Å². The summed E-state index contributed by atoms with van der Waals surface area (Å²) in [6, 6.07) is 13.6. The van der Waals surface area contributed by atoms with Crippen LogP contribution in [0.3, 0.4) is 0 Å². The van der Waals surface area contributed by atoms with Crippen molar-refractivity contribution in [1.29, 1.82) is 0 Å². The van der Waals surface area contributed by atoms with Crippen LogP contribution in [0.15, 0.2) is 48.5 Å². The van der Waals surface area contributed by atoms with E-state index in [4.69, 9.17) is 14.9 Å². The Hall–Kier alpha value is -3.53. The predicted octanol–water partition coefficient (Wildman–Crippen LogP) is 2.45. The van der Waals surface area contributed by atoms with Crippen LogP contribution in [0.25, 0.3) is 11.1 Å². The van der Waals surface area contributed by atoms with E-state index in [-0.39, 0.29) is 19.1 Å². The average molecular weight is 462 g/mol. The number of aliphatic hydroxyl groups is 1. The first kappa shape index (κ1) is 24.1. The summed E-state index contributed by atoms with van der Waals surface area (Å²) in [6.07, 6.45) is -5.03. The predicted molar refractivity (Wildman–Crippen MR) is 114 cm³/mol. The molecule has 0 aliphatic heterocycles. The molecular weight excluding hydrogens is 438 g/mol. The van der Waals surface area contributed by atoms with Gasteiger partial charge in [-0.3, -0.25) is 9.59 Å². The quantitative estimate of drug-likeness (QED) is 0.500. The number of fused-ring (bicyclic) bond motifs is 3. The molecule has 2 amide bonds. The molecular formula is C23H24F2N2O6. The SMILES string of the molecule is O=C(O)CN(CCO)C(=O)C(CC(F)F)NC(=O)OCC1c2ccccc2-c2ccccc21. The van der Waals surface area contributed by atoms with Gasteiger partial charge >= 0.3 is 12.1 Å². The van der Waals surface area contributed by atoms with E-state index in [0.717, 1.165) is 22.3 Å². The number of aliphatic hydroxyl groups excluding tert-OH is 1. The summed E-state index contributed by atoms with van der Waals surface area (Å²) in [6.45, 7) is -1.82. The minimum Gasteiger partial charge on any atom is -0.480 e. The molecule has 33 heavy (non-hydrogen) atoms. The third-order valence-corrected chi connectivity index (χ3v) is 5.36. The zero-order chi connectivity index (χ0) is 24.0. The van der Waals surface area contributed by atoms with E-state index in [9.17, 15) is 23.2 Å². The number of ether oxygens (including phenoxy) is 1. The molecule has 176 valence electrons. The fourth-order valence-electron chi connectivity index (χ4n) is 3.95. The monoisotopic (exact) mass is 462 g/mol. The van der Waals surface area contributed by atoms with E-state index in [0.29, 0.717) is 4.90 Å². The molecule has 3 rings (SSSR count). The van der Waals surface area contributed by atoms with Crippen LogP contribution in [0, 0.1) is 0 Å². The number of hydrogen-bond donors (Lipinski definition) is 3. The van der Waals surface area contributed by atoms with E-state index in [1.807, 2.05) is 48.5 Å². The van der Waals surface area contributed by atoms with Crippen molar-refractivity contribution in [2.75, 3.05) is 26.3 Å². The van der Waals surface area contributed by atoms with Gasteiger partial charge in [0.2, 0.25) is 12.3 Å². The molecule has 0 saturated heterocycles. The maximum absolute atomic E-state index is 13.0. The van der Waals surface area contributed by atoms with Gasteiger partial charge in [0, 0.05) is 18.9 Å². The Bertz CT molecular complexity index is 970. The van der Waals surface area contributed by atoms with E-state index < -0.39 is 50.0 Å². The molecule has 2 aromatic carbocycles. The topological polar surface area (TPSA) is 116 Å². The number of nitrogens with one attached hydrogen (secondary N) is 1. The molecule has 1 atom stereocenters. The first-order chi connectivity index (χ1) is 15.8. The van der Waals surface area contributed by atoms with Gasteiger partial charge < -0.3 is 25.2 Å². The van der Waals surface area contributed by atoms with Crippen molar-refractivity contribution in [1.82, 2.24) is 10.2 Å². The third kappa shape index (κ3) is 5.83. The molecule has 2 aromatic rings. The highest BCUT2D eigenvalue weighted by molar-refractivity contribution is 5.88. The van der Waals surface area contributed by atoms with E-state index in [1.54, 1.807) is 0 Å². The van der Waals surface area contributed by atoms with Crippen LogP contribution in [0.5, 0.6) is 0 Å². The number of carboxylic acids is 1. The molecule has 1 aliphatic rings. The van der Waals surface area contributed by atoms with Gasteiger partial charge in [-0.25, -0.2) is 13.6 Å². The van der Waals surface area contributed by atoms with Gasteiger partial charge in [0.15, 0.2) is 0 Å². The van der Waals surface area contributed by atoms with Crippen LogP contribution in [0.1, 0.15) is 23.5 Å². The van der Waals surface area contributed by atoms with E-state index in [2.05, 4.69) is 5.32 Å². The standard InChI is InChI=1S/C23H24F2N2O6/c24-20(25)11-19(22(31)27(9-10-28)12-21(29)30)26-23(32)33-13-18-16-7-3-1-5-14(16)15-6-2-4-8-17(15)18/h1-8,18-20,28H,9-13H2,(H,26,32)(H,29,30). The average Bonchev–Trinajstić information content (AvgIpc) is 3.09. The lowest BCUT2D eigenvalue weighted by Crippen LogP contribution is -2.51. The smallest absolute Gasteiger partial charge is 0.407 e. The van der Waals surface area contributed by atoms with Crippen LogP contribution < -0.4 is 5.32 Å². The van der Waals surface area contributed by atoms with Crippen molar-refractivity contribution in [3.05, 3.63) is 59.7 Å². The molecule has 0 radical (unpaired) electrons. The molecule has 0 bridgehead atoms. The first-order valence-corrected chi connectivity index (χ1v) is 10.3. The number of amides is 2. The van der Waals surface area contributed by atoms with Crippen LogP contribution in [0.4, 0.5) is 13.6 Å². The molecule has 8 nitrogen and oxygen atoms in total. The van der Waals surface area contributed by atoms with Crippen molar-refractivity contribution < 1.29 is 38.1 Å². The van der Waals surface area contributed by atoms with Crippen LogP contribution in [-0.4, -0.2) is 71.9 Å². The highest BCUT2D eigenvalue weighted by Gasteiger charge is 2.32. The maximum atomic E-state index is 13.0. The second-order valence-corrected chi connectivity index (χ2v) is 7.53. The van der Waals surface area contributed by atoms with Gasteiger partial charge in [-0.1, -0.05) is 48.5 Å². The molecule has 0 fully saturated rings. The second-order valence-electron chi connectivity index (χ2n) is 7.53. The summed E-state index contributed by atoms with van der Waals surface area (Å²) >= 11 is 0. The Morgan fingerprint density at radius 2 is 1.61 bits per heavy atom. The number of aliphatic carboxylic acids is 1. The van der Waals surface area contributed by atoms with Gasteiger partial charge in [0.25, 0.3) is 0 Å². The largest absolute Gasteiger partial charge is 0.480 e. The van der Waals surface area contributed by atoms with Crippen molar-refractivity contribution in [3.8, 4) is 11.1 Å². The van der Waals surface area contributed by atoms with E-state index in [1.165, 1.54) is 0 Å². The summed E-state index contributed by atoms with van der Waals surface area (Å²) < 4.78 is 31.4. The summed E-state index contributed by atoms with van der Waals surface area (Å²) in [5.41, 5.74) is 3.95. The lowest BCUT2D eigenvalue weighted by Gasteiger charge is -2.26. The van der Waals surface area contributed by atoms with Gasteiger partial charge in [0.1, 0.15) is 19.2 Å². The number of nitrogens with zero attached hydrogens (tertiary/aromatic N) is 1. The number of alkyl carbamates (subject to hydrolysis) is 1. The Kier molecular flexibility index (Phi) is 7.94. The number of carbonyl (C=O) groups is 3. The molecule has 1 unspecified atom stereocenters. The zero-order valence-electron chi connectivity index (χ0n) is 17.6. The molecule has 3 N–H and O–H groups in total. The molecule has 0 saturated carbocycles. The normalized spacial score (nSPS) is 13.2. The Morgan fingerprint density at radius 1 is 1.03 bits per heavy atom. The van der Waals surface area contributed by atoms with Crippen molar-refractivity contribution in [3.63, 3.8) is 0 Å². The van der Waals surface area contributed by atoms with Gasteiger partial charge in [-0.05, 0) is 22.3 Å². The molecule has 0 aromatic heterocycles. The number of hydrogen-bond acceptors (Lipinski definition) is 5. The number of carboxylic acid groups (broad SMARTS) is 1. The lowest BCUT2D eigenvalue weighted by atomic mass is 9.98. The fourth-order valence-corrected chi connectivity index (χ4v) is 3.95. The van der Waals surface area contributed by atoms with Gasteiger partial charge in [-0.15, -0.1) is 0 Å². The number of carbonyl (C=O) groups excluding carboxylic acids is 2. The Balaban J connectivity index is 1.70. The maximum Gasteiger partial charge on any atom is 0.407 e. The Labute approximate surface area is 188 Å². The van der Waals surface area contributed by atoms with E-state index >= 15 is 0 Å². The van der Waals surface area contributed by atoms with Crippen molar-refractivity contribution in [2.45, 2.75) is 24.8 Å². The highest BCUT2D eigenvalue weighted by atomic mass is 19.3. The van der Waals surface area contributed by atoms with Gasteiger partial charge in [0.05, 0.1) is 6.61 Å². The Morgan fingerprint density at radius 3 is 2.12 bits per heavy atom. The highest BCUT2D eigenvalue weighted by Crippen LogP contribution is 2.44. The van der Waals surface area contributed by atoms with Crippen molar-refractivity contribution in [2.24, 2.45) is 0 Å². The molecule has 10 heteroatoms. The van der Waals surface area contributed by atoms with Crippen LogP contribution >= 0.6 is 0 Å². The summed E-state index contributed by atoms with van der Waals surface area (Å²) in [7, 11) is 0. The van der Waals surface area contributed by atoms with Crippen LogP contribution in [-0.2, 0) is 14.3 Å². The second kappa shape index (κ2) is 10.9. The number of rotatable bonds is 10. The molecule has 1 aliphatic carbocycles. The summed E-state index contributed by atoms with van der Waals surface area (Å²) in [5.74, 6) is -2.68. The minimum absolute atomic E-state index is 0.0784. The van der Waals surface area contributed by atoms with Crippen LogP contribution in [0.2, 0.25) is 0 Å². The zero-order valence-corrected chi connectivity index (χ0v) is 17.6. The lowest BCUT2D eigenvalue weighted by molar-refractivity contribution is -0.146. The summed E-state index contributed by atoms with van der Waals surface area (Å²) in [4.78, 5) is 36.6.